The van der Waals surface area contributed by atoms with E-state index in [0.29, 0.717) is 35.1 Å². The van der Waals surface area contributed by atoms with Crippen LogP contribution in [0.4, 0.5) is 5.69 Å². The van der Waals surface area contributed by atoms with Gasteiger partial charge in [-0.15, -0.1) is 11.6 Å². The lowest BCUT2D eigenvalue weighted by molar-refractivity contribution is 0.0802. The largest absolute Gasteiger partial charge is 0.496 e. The molecule has 0 aromatic heterocycles. The first-order valence-electron chi connectivity index (χ1n) is 6.79. The molecule has 0 fully saturated rings. The first-order valence-corrected chi connectivity index (χ1v) is 7.70. The van der Waals surface area contributed by atoms with Crippen molar-refractivity contribution in [3.05, 3.63) is 22.7 Å². The van der Waals surface area contributed by atoms with Gasteiger partial charge in [-0.1, -0.05) is 25.4 Å². The molecule has 0 spiro atoms. The Balaban J connectivity index is 3.16. The van der Waals surface area contributed by atoms with Gasteiger partial charge in [-0.3, -0.25) is 10.2 Å². The SMILES string of the molecule is CCN(CC)NC(=O)c1cc(Cl)c(N=C(N)CCl)cc1OC. The number of nitrogens with zero attached hydrogens (tertiary/aromatic N) is 2. The molecule has 0 heterocycles. The highest BCUT2D eigenvalue weighted by Crippen LogP contribution is 2.33. The van der Waals surface area contributed by atoms with Crippen LogP contribution in [-0.2, 0) is 0 Å². The van der Waals surface area contributed by atoms with E-state index in [-0.39, 0.29) is 17.6 Å². The third-order valence-corrected chi connectivity index (χ3v) is 3.51. The molecule has 0 aliphatic carbocycles. The summed E-state index contributed by atoms with van der Waals surface area (Å²) in [6.07, 6.45) is 0. The predicted molar refractivity (Wildman–Crippen MR) is 90.4 cm³/mol. The molecule has 6 nitrogen and oxygen atoms in total. The molecule has 8 heteroatoms. The average Bonchev–Trinajstić information content (AvgIpc) is 2.53. The highest BCUT2D eigenvalue weighted by atomic mass is 35.5. The van der Waals surface area contributed by atoms with Crippen LogP contribution >= 0.6 is 23.2 Å². The second-order valence-corrected chi connectivity index (χ2v) is 5.03. The van der Waals surface area contributed by atoms with Crippen LogP contribution in [0, 0.1) is 0 Å². The zero-order chi connectivity index (χ0) is 16.7. The third kappa shape index (κ3) is 4.76. The first kappa shape index (κ1) is 18.5. The lowest BCUT2D eigenvalue weighted by Gasteiger charge is -2.20. The summed E-state index contributed by atoms with van der Waals surface area (Å²) < 4.78 is 5.25. The number of amides is 1. The van der Waals surface area contributed by atoms with Gasteiger partial charge in [0.25, 0.3) is 5.91 Å². The van der Waals surface area contributed by atoms with Crippen molar-refractivity contribution in [2.45, 2.75) is 13.8 Å². The summed E-state index contributed by atoms with van der Waals surface area (Å²) in [6.45, 7) is 5.27. The van der Waals surface area contributed by atoms with Crippen LogP contribution in [0.3, 0.4) is 0 Å². The van der Waals surface area contributed by atoms with Crippen molar-refractivity contribution in [1.29, 1.82) is 0 Å². The number of hydrogen-bond donors (Lipinski definition) is 2. The zero-order valence-electron chi connectivity index (χ0n) is 12.8. The number of ether oxygens (including phenoxy) is 1. The number of hydrazine groups is 1. The fraction of sp³-hybridized carbons (Fsp3) is 0.429. The fourth-order valence-corrected chi connectivity index (χ4v) is 2.01. The Kier molecular flexibility index (Phi) is 7.44. The number of nitrogens with two attached hydrogens (primary N) is 1. The molecule has 0 saturated heterocycles. The maximum atomic E-state index is 12.3. The number of amidine groups is 1. The molecule has 0 aliphatic rings. The van der Waals surface area contributed by atoms with Gasteiger partial charge >= 0.3 is 0 Å². The van der Waals surface area contributed by atoms with E-state index in [1.54, 1.807) is 11.1 Å². The van der Waals surface area contributed by atoms with E-state index in [1.807, 2.05) is 13.8 Å². The molecule has 1 rings (SSSR count). The lowest BCUT2D eigenvalue weighted by atomic mass is 10.1. The molecule has 1 aromatic carbocycles. The van der Waals surface area contributed by atoms with Crippen LogP contribution in [0.1, 0.15) is 24.2 Å². The number of rotatable bonds is 7. The van der Waals surface area contributed by atoms with Gasteiger partial charge in [-0.2, -0.15) is 0 Å². The number of carbonyl (C=O) groups excluding carboxylic acids is 1. The van der Waals surface area contributed by atoms with Crippen molar-refractivity contribution in [3.63, 3.8) is 0 Å². The topological polar surface area (TPSA) is 80.0 Å². The minimum Gasteiger partial charge on any atom is -0.496 e. The number of carbonyl (C=O) groups is 1. The van der Waals surface area contributed by atoms with Crippen molar-refractivity contribution in [2.75, 3.05) is 26.1 Å². The van der Waals surface area contributed by atoms with Crippen molar-refractivity contribution < 1.29 is 9.53 Å². The van der Waals surface area contributed by atoms with Crippen molar-refractivity contribution in [1.82, 2.24) is 10.4 Å². The quantitative estimate of drug-likeness (QED) is 0.344. The summed E-state index contributed by atoms with van der Waals surface area (Å²) in [6, 6.07) is 3.05. The highest BCUT2D eigenvalue weighted by Gasteiger charge is 2.17. The molecule has 3 N–H and O–H groups in total. The van der Waals surface area contributed by atoms with E-state index >= 15 is 0 Å². The predicted octanol–water partition coefficient (Wildman–Crippen LogP) is 2.56. The molecule has 0 aliphatic heterocycles. The number of aliphatic imine (C=N–C) groups is 1. The van der Waals surface area contributed by atoms with Crippen molar-refractivity contribution in [2.24, 2.45) is 10.7 Å². The van der Waals surface area contributed by atoms with Crippen LogP contribution in [0.15, 0.2) is 17.1 Å². The molecule has 0 atom stereocenters. The smallest absolute Gasteiger partial charge is 0.269 e. The molecular weight excluding hydrogens is 327 g/mol. The second kappa shape index (κ2) is 8.82. The summed E-state index contributed by atoms with van der Waals surface area (Å²) >= 11 is 11.8. The van der Waals surface area contributed by atoms with Gasteiger partial charge in [0.1, 0.15) is 11.6 Å². The first-order chi connectivity index (χ1) is 10.5. The summed E-state index contributed by atoms with van der Waals surface area (Å²) in [5.74, 6) is 0.368. The average molecular weight is 347 g/mol. The standard InChI is InChI=1S/C14H20Cl2N4O2/c1-4-20(5-2)19-14(21)9-6-10(16)11(7-12(9)22-3)18-13(17)8-15/h6-7H,4-5,8H2,1-3H3,(H2,17,18)(H,19,21). The monoisotopic (exact) mass is 346 g/mol. The maximum Gasteiger partial charge on any atom is 0.269 e. The van der Waals surface area contributed by atoms with Gasteiger partial charge in [0.15, 0.2) is 0 Å². The van der Waals surface area contributed by atoms with E-state index in [9.17, 15) is 4.79 Å². The highest BCUT2D eigenvalue weighted by molar-refractivity contribution is 6.34. The van der Waals surface area contributed by atoms with Crippen LogP contribution in [-0.4, -0.2) is 42.8 Å². The van der Waals surface area contributed by atoms with Crippen LogP contribution in [0.25, 0.3) is 0 Å². The Morgan fingerprint density at radius 1 is 1.41 bits per heavy atom. The van der Waals surface area contributed by atoms with E-state index in [1.165, 1.54) is 13.2 Å². The number of benzene rings is 1. The van der Waals surface area contributed by atoms with E-state index < -0.39 is 0 Å². The van der Waals surface area contributed by atoms with Gasteiger partial charge in [0, 0.05) is 19.2 Å². The Labute approximate surface area is 140 Å². The van der Waals surface area contributed by atoms with E-state index in [4.69, 9.17) is 33.7 Å². The zero-order valence-corrected chi connectivity index (χ0v) is 14.3. The van der Waals surface area contributed by atoms with Crippen LogP contribution in [0.5, 0.6) is 5.75 Å². The van der Waals surface area contributed by atoms with Gasteiger partial charge < -0.3 is 10.5 Å². The molecule has 22 heavy (non-hydrogen) atoms. The van der Waals surface area contributed by atoms with Crippen LogP contribution < -0.4 is 15.9 Å². The van der Waals surface area contributed by atoms with Crippen molar-refractivity contribution >= 4 is 40.6 Å². The van der Waals surface area contributed by atoms with Gasteiger partial charge in [-0.25, -0.2) is 10.0 Å². The Hall–Kier alpha value is -1.50. The minimum absolute atomic E-state index is 0.0862. The summed E-state index contributed by atoms with van der Waals surface area (Å²) in [5.41, 5.74) is 9.10. The Bertz CT molecular complexity index is 560. The number of nitrogens with one attached hydrogen (secondary N) is 1. The summed E-state index contributed by atoms with van der Waals surface area (Å²) in [4.78, 5) is 16.4. The Morgan fingerprint density at radius 2 is 2.05 bits per heavy atom. The molecule has 0 saturated carbocycles. The van der Waals surface area contributed by atoms with E-state index in [0.717, 1.165) is 0 Å². The maximum absolute atomic E-state index is 12.3. The second-order valence-electron chi connectivity index (χ2n) is 4.35. The molecule has 122 valence electrons. The van der Waals surface area contributed by atoms with E-state index in [2.05, 4.69) is 10.4 Å². The molecule has 1 aromatic rings. The molecule has 0 bridgehead atoms. The molecule has 0 radical (unpaired) electrons. The third-order valence-electron chi connectivity index (χ3n) is 2.94. The number of methoxy groups -OCH3 is 1. The molecular formula is C14H20Cl2N4O2. The molecule has 0 unspecified atom stereocenters. The Morgan fingerprint density at radius 3 is 2.55 bits per heavy atom. The molecule has 1 amide bonds. The number of halogens is 2. The van der Waals surface area contributed by atoms with Gasteiger partial charge in [0.05, 0.1) is 29.3 Å². The van der Waals surface area contributed by atoms with Gasteiger partial charge in [-0.05, 0) is 6.07 Å². The number of alkyl halides is 1. The summed E-state index contributed by atoms with van der Waals surface area (Å²) in [5, 5.41) is 2.06. The minimum atomic E-state index is -0.303. The van der Waals surface area contributed by atoms with Gasteiger partial charge in [0.2, 0.25) is 0 Å². The normalized spacial score (nSPS) is 11.6. The fourth-order valence-electron chi connectivity index (χ4n) is 1.74. The van der Waals surface area contributed by atoms with Crippen LogP contribution in [0.2, 0.25) is 5.02 Å². The number of hydrogen-bond acceptors (Lipinski definition) is 4. The summed E-state index contributed by atoms with van der Waals surface area (Å²) in [7, 11) is 1.47. The van der Waals surface area contributed by atoms with Crippen molar-refractivity contribution in [3.8, 4) is 5.75 Å². The lowest BCUT2D eigenvalue weighted by Crippen LogP contribution is -2.41.